The lowest BCUT2D eigenvalue weighted by atomic mass is 10.1. The molecule has 0 atom stereocenters. The van der Waals surface area contributed by atoms with E-state index in [0.29, 0.717) is 28.6 Å². The molecule has 0 saturated heterocycles. The molecule has 24 heavy (non-hydrogen) atoms. The number of hydrogen-bond donors (Lipinski definition) is 0. The molecule has 6 heteroatoms. The second-order valence-corrected chi connectivity index (χ2v) is 5.09. The van der Waals surface area contributed by atoms with Gasteiger partial charge in [-0.05, 0) is 30.3 Å². The van der Waals surface area contributed by atoms with Crippen LogP contribution in [0.1, 0.15) is 23.7 Å². The van der Waals surface area contributed by atoms with Crippen molar-refractivity contribution in [3.05, 3.63) is 54.1 Å². The van der Waals surface area contributed by atoms with Crippen molar-refractivity contribution in [3.63, 3.8) is 0 Å². The summed E-state index contributed by atoms with van der Waals surface area (Å²) >= 11 is 0. The highest BCUT2D eigenvalue weighted by Crippen LogP contribution is 2.31. The van der Waals surface area contributed by atoms with Crippen LogP contribution >= 0.6 is 0 Å². The topological polar surface area (TPSA) is 61.3 Å². The summed E-state index contributed by atoms with van der Waals surface area (Å²) < 4.78 is 24.5. The lowest BCUT2D eigenvalue weighted by Gasteiger charge is -2.09. The van der Waals surface area contributed by atoms with Crippen molar-refractivity contribution in [2.75, 3.05) is 7.11 Å². The monoisotopic (exact) mass is 326 g/mol. The Kier molecular flexibility index (Phi) is 4.37. The Morgan fingerprint density at radius 1 is 1.17 bits per heavy atom. The van der Waals surface area contributed by atoms with E-state index in [4.69, 9.17) is 9.47 Å². The molecule has 0 aliphatic carbocycles. The second-order valence-electron chi connectivity index (χ2n) is 5.09. The van der Waals surface area contributed by atoms with E-state index >= 15 is 0 Å². The van der Waals surface area contributed by atoms with Gasteiger partial charge in [-0.2, -0.15) is 0 Å². The summed E-state index contributed by atoms with van der Waals surface area (Å²) in [7, 11) is 1.39. The number of methoxy groups -OCH3 is 1. The molecule has 1 aromatic heterocycles. The van der Waals surface area contributed by atoms with Gasteiger partial charge in [0.15, 0.2) is 17.3 Å². The lowest BCUT2D eigenvalue weighted by molar-refractivity contribution is 0.0988. The highest BCUT2D eigenvalue weighted by atomic mass is 19.1. The summed E-state index contributed by atoms with van der Waals surface area (Å²) in [6.45, 7) is 1.81. The molecule has 0 radical (unpaired) electrons. The van der Waals surface area contributed by atoms with Crippen LogP contribution in [0.2, 0.25) is 0 Å². The van der Waals surface area contributed by atoms with Gasteiger partial charge in [0.2, 0.25) is 5.88 Å². The van der Waals surface area contributed by atoms with Gasteiger partial charge < -0.3 is 9.47 Å². The summed E-state index contributed by atoms with van der Waals surface area (Å²) in [5.41, 5.74) is 1.04. The van der Waals surface area contributed by atoms with Crippen molar-refractivity contribution in [2.45, 2.75) is 13.3 Å². The zero-order valence-corrected chi connectivity index (χ0v) is 13.2. The number of aromatic nitrogens is 2. The van der Waals surface area contributed by atoms with E-state index in [1.54, 1.807) is 24.3 Å². The molecular weight excluding hydrogens is 311 g/mol. The molecule has 1 heterocycles. The standard InChI is InChI=1S/C18H15FN2O3/c1-3-16(22)11-4-6-12(7-5-11)24-18-13-8-17(23-2)14(19)9-15(13)20-10-21-18/h4-10H,3H2,1-2H3. The number of halogens is 1. The van der Waals surface area contributed by atoms with Gasteiger partial charge in [-0.1, -0.05) is 6.92 Å². The first-order chi connectivity index (χ1) is 11.6. The number of nitrogens with zero attached hydrogens (tertiary/aromatic N) is 2. The van der Waals surface area contributed by atoms with E-state index in [1.807, 2.05) is 6.92 Å². The van der Waals surface area contributed by atoms with Crippen molar-refractivity contribution in [1.82, 2.24) is 9.97 Å². The summed E-state index contributed by atoms with van der Waals surface area (Å²) in [6.07, 6.45) is 1.75. The zero-order valence-electron chi connectivity index (χ0n) is 13.2. The fraction of sp³-hybridized carbons (Fsp3) is 0.167. The average Bonchev–Trinajstić information content (AvgIpc) is 2.61. The van der Waals surface area contributed by atoms with Gasteiger partial charge in [0.05, 0.1) is 18.0 Å². The predicted molar refractivity (Wildman–Crippen MR) is 87.2 cm³/mol. The first-order valence-corrected chi connectivity index (χ1v) is 7.41. The summed E-state index contributed by atoms with van der Waals surface area (Å²) in [5, 5.41) is 0.532. The fourth-order valence-corrected chi connectivity index (χ4v) is 2.30. The minimum absolute atomic E-state index is 0.0641. The Morgan fingerprint density at radius 3 is 2.58 bits per heavy atom. The predicted octanol–water partition coefficient (Wildman–Crippen LogP) is 4.16. The molecular formula is C18H15FN2O3. The Bertz CT molecular complexity index is 895. The van der Waals surface area contributed by atoms with Gasteiger partial charge in [0.1, 0.15) is 12.1 Å². The zero-order chi connectivity index (χ0) is 17.1. The third-order valence-electron chi connectivity index (χ3n) is 3.58. The summed E-state index contributed by atoms with van der Waals surface area (Å²) in [4.78, 5) is 19.8. The Labute approximate surface area is 138 Å². The van der Waals surface area contributed by atoms with E-state index < -0.39 is 5.82 Å². The highest BCUT2D eigenvalue weighted by molar-refractivity contribution is 5.95. The minimum Gasteiger partial charge on any atom is -0.494 e. The summed E-state index contributed by atoms with van der Waals surface area (Å²) in [6, 6.07) is 9.55. The van der Waals surface area contributed by atoms with Crippen LogP contribution in [0.15, 0.2) is 42.7 Å². The number of carbonyl (C=O) groups excluding carboxylic acids is 1. The maximum Gasteiger partial charge on any atom is 0.230 e. The molecule has 0 unspecified atom stereocenters. The molecule has 122 valence electrons. The first-order valence-electron chi connectivity index (χ1n) is 7.41. The van der Waals surface area contributed by atoms with Crippen molar-refractivity contribution >= 4 is 16.7 Å². The molecule has 0 saturated carbocycles. The van der Waals surface area contributed by atoms with Crippen LogP contribution in [0.4, 0.5) is 4.39 Å². The van der Waals surface area contributed by atoms with Crippen LogP contribution in [0.5, 0.6) is 17.4 Å². The number of fused-ring (bicyclic) bond motifs is 1. The van der Waals surface area contributed by atoms with Gasteiger partial charge in [0, 0.05) is 18.1 Å². The van der Waals surface area contributed by atoms with Gasteiger partial charge in [-0.3, -0.25) is 4.79 Å². The Balaban J connectivity index is 1.96. The molecule has 0 bridgehead atoms. The maximum absolute atomic E-state index is 13.8. The Morgan fingerprint density at radius 2 is 1.92 bits per heavy atom. The molecule has 3 aromatic rings. The molecule has 2 aromatic carbocycles. The number of ether oxygens (including phenoxy) is 2. The van der Waals surface area contributed by atoms with Crippen LogP contribution in [0.3, 0.4) is 0 Å². The fourth-order valence-electron chi connectivity index (χ4n) is 2.30. The number of ketones is 1. The quantitative estimate of drug-likeness (QED) is 0.659. The number of carbonyl (C=O) groups is 1. The third kappa shape index (κ3) is 3.03. The second kappa shape index (κ2) is 6.62. The van der Waals surface area contributed by atoms with Crippen LogP contribution in [-0.4, -0.2) is 22.9 Å². The average molecular weight is 326 g/mol. The van der Waals surface area contributed by atoms with Gasteiger partial charge in [0.25, 0.3) is 0 Å². The lowest BCUT2D eigenvalue weighted by Crippen LogP contribution is -1.97. The van der Waals surface area contributed by atoms with E-state index in [1.165, 1.54) is 25.6 Å². The third-order valence-corrected chi connectivity index (χ3v) is 3.58. The molecule has 0 aliphatic heterocycles. The van der Waals surface area contributed by atoms with Crippen molar-refractivity contribution in [2.24, 2.45) is 0 Å². The molecule has 0 aliphatic rings. The number of Topliss-reactive ketones (excluding diaryl/α,β-unsaturated/α-hetero) is 1. The van der Waals surface area contributed by atoms with E-state index in [2.05, 4.69) is 9.97 Å². The number of hydrogen-bond acceptors (Lipinski definition) is 5. The normalized spacial score (nSPS) is 10.6. The summed E-state index contributed by atoms with van der Waals surface area (Å²) in [5.74, 6) is 0.455. The number of benzene rings is 2. The Hall–Kier alpha value is -3.02. The van der Waals surface area contributed by atoms with Gasteiger partial charge in [-0.25, -0.2) is 14.4 Å². The van der Waals surface area contributed by atoms with E-state index in [-0.39, 0.29) is 17.4 Å². The molecule has 3 rings (SSSR count). The van der Waals surface area contributed by atoms with Crippen molar-refractivity contribution in [3.8, 4) is 17.4 Å². The van der Waals surface area contributed by atoms with Crippen LogP contribution in [-0.2, 0) is 0 Å². The van der Waals surface area contributed by atoms with Crippen LogP contribution < -0.4 is 9.47 Å². The molecule has 0 fully saturated rings. The van der Waals surface area contributed by atoms with Crippen LogP contribution in [0, 0.1) is 5.82 Å². The molecule has 0 amide bonds. The molecule has 0 spiro atoms. The van der Waals surface area contributed by atoms with E-state index in [0.717, 1.165) is 0 Å². The van der Waals surface area contributed by atoms with Gasteiger partial charge >= 0.3 is 0 Å². The van der Waals surface area contributed by atoms with E-state index in [9.17, 15) is 9.18 Å². The van der Waals surface area contributed by atoms with Gasteiger partial charge in [-0.15, -0.1) is 0 Å². The maximum atomic E-state index is 13.8. The number of rotatable bonds is 5. The van der Waals surface area contributed by atoms with Crippen LogP contribution in [0.25, 0.3) is 10.9 Å². The molecule has 0 N–H and O–H groups in total. The van der Waals surface area contributed by atoms with Crippen molar-refractivity contribution < 1.29 is 18.7 Å². The highest BCUT2D eigenvalue weighted by Gasteiger charge is 2.12. The smallest absolute Gasteiger partial charge is 0.230 e. The minimum atomic E-state index is -0.503. The first kappa shape index (κ1) is 15.9. The largest absolute Gasteiger partial charge is 0.494 e. The molecule has 5 nitrogen and oxygen atoms in total. The van der Waals surface area contributed by atoms with Crippen molar-refractivity contribution in [1.29, 1.82) is 0 Å². The SMILES string of the molecule is CCC(=O)c1ccc(Oc2ncnc3cc(F)c(OC)cc23)cc1.